The van der Waals surface area contributed by atoms with Gasteiger partial charge in [-0.3, -0.25) is 4.79 Å². The molecule has 2 heterocycles. The maximum absolute atomic E-state index is 14.0. The molecule has 198 valence electrons. The van der Waals surface area contributed by atoms with Crippen molar-refractivity contribution in [3.8, 4) is 5.75 Å². The first-order chi connectivity index (χ1) is 17.7. The average molecular weight is 551 g/mol. The molecule has 0 radical (unpaired) electrons. The minimum absolute atomic E-state index is 0.0367. The molecule has 0 fully saturated rings. The third-order valence-electron chi connectivity index (χ3n) is 6.01. The van der Waals surface area contributed by atoms with Crippen LogP contribution in [0.4, 0.5) is 13.8 Å². The van der Waals surface area contributed by atoms with E-state index >= 15 is 0 Å². The summed E-state index contributed by atoms with van der Waals surface area (Å²) in [7, 11) is 1.71. The van der Waals surface area contributed by atoms with E-state index in [1.807, 2.05) is 0 Å². The number of carbonyl (C=O) groups is 2. The lowest BCUT2D eigenvalue weighted by molar-refractivity contribution is -0.113. The maximum Gasteiger partial charge on any atom is 0.341 e. The van der Waals surface area contributed by atoms with Gasteiger partial charge in [-0.1, -0.05) is 18.7 Å². The van der Waals surface area contributed by atoms with E-state index in [0.717, 1.165) is 41.8 Å². The van der Waals surface area contributed by atoms with Gasteiger partial charge < -0.3 is 19.4 Å². The zero-order valence-electron chi connectivity index (χ0n) is 21.0. The van der Waals surface area contributed by atoms with Gasteiger partial charge in [-0.25, -0.2) is 13.6 Å². The second-order valence-electron chi connectivity index (χ2n) is 8.85. The summed E-state index contributed by atoms with van der Waals surface area (Å²) in [6.07, 6.45) is 1.98. The number of aromatic nitrogens is 3. The molecule has 1 aliphatic carbocycles. The van der Waals surface area contributed by atoms with Gasteiger partial charge in [0.15, 0.2) is 28.7 Å². The number of thiophene rings is 1. The largest absolute Gasteiger partial charge is 0.480 e. The van der Waals surface area contributed by atoms with E-state index in [4.69, 9.17) is 9.47 Å². The van der Waals surface area contributed by atoms with Crippen LogP contribution >= 0.6 is 23.1 Å². The van der Waals surface area contributed by atoms with E-state index in [1.165, 1.54) is 29.2 Å². The lowest BCUT2D eigenvalue weighted by Crippen LogP contribution is -2.18. The quantitative estimate of drug-likeness (QED) is 0.284. The second-order valence-corrected chi connectivity index (χ2v) is 10.9. The average Bonchev–Trinajstić information content (AvgIpc) is 3.38. The van der Waals surface area contributed by atoms with Crippen molar-refractivity contribution in [3.63, 3.8) is 0 Å². The van der Waals surface area contributed by atoms with Crippen molar-refractivity contribution in [3.05, 3.63) is 51.7 Å². The summed E-state index contributed by atoms with van der Waals surface area (Å²) in [4.78, 5) is 26.6. The van der Waals surface area contributed by atoms with Crippen molar-refractivity contribution in [2.45, 2.75) is 51.3 Å². The van der Waals surface area contributed by atoms with E-state index in [2.05, 4.69) is 22.4 Å². The van der Waals surface area contributed by atoms with Crippen LogP contribution < -0.4 is 10.1 Å². The molecule has 2 atom stereocenters. The van der Waals surface area contributed by atoms with Gasteiger partial charge in [0.25, 0.3) is 0 Å². The molecule has 37 heavy (non-hydrogen) atoms. The maximum atomic E-state index is 14.0. The number of rotatable bonds is 9. The number of halogens is 2. The van der Waals surface area contributed by atoms with E-state index in [0.29, 0.717) is 27.5 Å². The molecule has 3 aromatic rings. The summed E-state index contributed by atoms with van der Waals surface area (Å²) < 4.78 is 39.6. The zero-order valence-corrected chi connectivity index (χ0v) is 22.6. The molecular formula is C25H28F2N4O4S2. The number of hydrogen-bond acceptors (Lipinski definition) is 8. The van der Waals surface area contributed by atoms with Crippen molar-refractivity contribution < 1.29 is 27.8 Å². The Morgan fingerprint density at radius 1 is 1.32 bits per heavy atom. The summed E-state index contributed by atoms with van der Waals surface area (Å²) in [5, 5.41) is 12.1. The molecule has 0 aliphatic heterocycles. The number of ether oxygens (including phenoxy) is 2. The third-order valence-corrected chi connectivity index (χ3v) is 8.20. The van der Waals surface area contributed by atoms with Gasteiger partial charge in [-0.15, -0.1) is 21.5 Å². The Kier molecular flexibility index (Phi) is 8.48. The Morgan fingerprint density at radius 2 is 2.11 bits per heavy atom. The number of esters is 1. The van der Waals surface area contributed by atoms with Crippen LogP contribution in [0.1, 0.15) is 59.9 Å². The van der Waals surface area contributed by atoms with Crippen LogP contribution in [0.2, 0.25) is 0 Å². The number of thioether (sulfide) groups is 1. The number of carbonyl (C=O) groups excluding carboxylic acids is 2. The highest BCUT2D eigenvalue weighted by molar-refractivity contribution is 7.99. The summed E-state index contributed by atoms with van der Waals surface area (Å²) in [6.45, 7) is 5.86. The Morgan fingerprint density at radius 3 is 2.84 bits per heavy atom. The van der Waals surface area contributed by atoms with E-state index in [-0.39, 0.29) is 24.0 Å². The Hall–Kier alpha value is -2.99. The molecular weight excluding hydrogens is 522 g/mol. The van der Waals surface area contributed by atoms with Gasteiger partial charge in [0, 0.05) is 18.0 Å². The summed E-state index contributed by atoms with van der Waals surface area (Å²) >= 11 is 2.61. The van der Waals surface area contributed by atoms with Gasteiger partial charge in [0.1, 0.15) is 10.8 Å². The van der Waals surface area contributed by atoms with Crippen molar-refractivity contribution in [1.29, 1.82) is 0 Å². The standard InChI is InChI=1S/C25H28F2N4O4S2/c1-5-34-24(33)21-16-8-6-13(2)10-19(16)37-23(21)28-20(32)12-36-25-30-29-22(31(25)4)14(3)35-18-9-7-15(26)11-17(18)27/h7,9,11,13-14H,5-6,8,10,12H2,1-4H3,(H,28,32)/t13-,14+/m0/s1. The molecule has 2 aromatic heterocycles. The highest BCUT2D eigenvalue weighted by Gasteiger charge is 2.29. The Labute approximate surface area is 221 Å². The van der Waals surface area contributed by atoms with Gasteiger partial charge in [-0.2, -0.15) is 0 Å². The summed E-state index contributed by atoms with van der Waals surface area (Å²) in [6, 6.07) is 3.07. The van der Waals surface area contributed by atoms with Crippen LogP contribution in [-0.2, 0) is 29.4 Å². The number of anilines is 1. The highest BCUT2D eigenvalue weighted by atomic mass is 32.2. The molecule has 0 unspecified atom stereocenters. The van der Waals surface area contributed by atoms with Crippen LogP contribution in [0.25, 0.3) is 0 Å². The fourth-order valence-electron chi connectivity index (χ4n) is 4.17. The van der Waals surface area contributed by atoms with Crippen LogP contribution in [0, 0.1) is 17.6 Å². The number of nitrogens with one attached hydrogen (secondary N) is 1. The number of fused-ring (bicyclic) bond motifs is 1. The molecule has 1 N–H and O–H groups in total. The van der Waals surface area contributed by atoms with Gasteiger partial charge >= 0.3 is 5.97 Å². The molecule has 1 aliphatic rings. The molecule has 4 rings (SSSR count). The lowest BCUT2D eigenvalue weighted by Gasteiger charge is -2.18. The van der Waals surface area contributed by atoms with Crippen molar-refractivity contribution in [2.75, 3.05) is 17.7 Å². The monoisotopic (exact) mass is 550 g/mol. The minimum Gasteiger partial charge on any atom is -0.480 e. The highest BCUT2D eigenvalue weighted by Crippen LogP contribution is 2.40. The normalized spacial score (nSPS) is 15.7. The molecule has 12 heteroatoms. The number of hydrogen-bond donors (Lipinski definition) is 1. The molecule has 0 spiro atoms. The third kappa shape index (κ3) is 6.12. The van der Waals surface area contributed by atoms with Gasteiger partial charge in [-0.05, 0) is 56.7 Å². The van der Waals surface area contributed by atoms with Crippen LogP contribution in [0.5, 0.6) is 5.75 Å². The minimum atomic E-state index is -0.813. The van der Waals surface area contributed by atoms with E-state index in [1.54, 1.807) is 25.5 Å². The van der Waals surface area contributed by atoms with Crippen LogP contribution in [0.3, 0.4) is 0 Å². The lowest BCUT2D eigenvalue weighted by atomic mass is 9.88. The predicted octanol–water partition coefficient (Wildman–Crippen LogP) is 5.33. The van der Waals surface area contributed by atoms with Crippen LogP contribution in [0.15, 0.2) is 23.4 Å². The van der Waals surface area contributed by atoms with Crippen LogP contribution in [-0.4, -0.2) is 39.0 Å². The first-order valence-corrected chi connectivity index (χ1v) is 13.7. The van der Waals surface area contributed by atoms with Gasteiger partial charge in [0.05, 0.1) is 17.9 Å². The molecule has 8 nitrogen and oxygen atoms in total. The molecule has 1 aromatic carbocycles. The molecule has 0 saturated heterocycles. The SMILES string of the molecule is CCOC(=O)c1c(NC(=O)CSc2nnc([C@@H](C)Oc3ccc(F)cc3F)n2C)sc2c1CC[C@H](C)C2. The fraction of sp³-hybridized carbons (Fsp3) is 0.440. The first-order valence-electron chi connectivity index (χ1n) is 11.9. The number of nitrogens with zero attached hydrogens (tertiary/aromatic N) is 3. The summed E-state index contributed by atoms with van der Waals surface area (Å²) in [5.74, 6) is -1.34. The Bertz CT molecular complexity index is 1310. The summed E-state index contributed by atoms with van der Waals surface area (Å²) in [5.41, 5.74) is 1.45. The van der Waals surface area contributed by atoms with Crippen molar-refractivity contribution in [2.24, 2.45) is 13.0 Å². The smallest absolute Gasteiger partial charge is 0.341 e. The predicted molar refractivity (Wildman–Crippen MR) is 137 cm³/mol. The van der Waals surface area contributed by atoms with Crippen molar-refractivity contribution in [1.82, 2.24) is 14.8 Å². The number of amides is 1. The van der Waals surface area contributed by atoms with E-state index < -0.39 is 23.7 Å². The first kappa shape index (κ1) is 27.1. The molecule has 1 amide bonds. The number of benzene rings is 1. The fourth-order valence-corrected chi connectivity index (χ4v) is 6.30. The van der Waals surface area contributed by atoms with Gasteiger partial charge in [0.2, 0.25) is 5.91 Å². The zero-order chi connectivity index (χ0) is 26.7. The molecule has 0 bridgehead atoms. The van der Waals surface area contributed by atoms with E-state index in [9.17, 15) is 18.4 Å². The molecule has 0 saturated carbocycles. The topological polar surface area (TPSA) is 95.3 Å². The Balaban J connectivity index is 1.42. The van der Waals surface area contributed by atoms with Crippen molar-refractivity contribution >= 4 is 40.0 Å². The second kappa shape index (κ2) is 11.6.